The van der Waals surface area contributed by atoms with Crippen LogP contribution in [0.15, 0.2) is 12.2 Å². The van der Waals surface area contributed by atoms with Crippen molar-refractivity contribution >= 4 is 11.9 Å². The fourth-order valence-corrected chi connectivity index (χ4v) is 1.90. The van der Waals surface area contributed by atoms with Gasteiger partial charge < -0.3 is 15.3 Å². The highest BCUT2D eigenvalue weighted by Crippen LogP contribution is 2.08. The van der Waals surface area contributed by atoms with Crippen molar-refractivity contribution in [2.24, 2.45) is 0 Å². The Morgan fingerprint density at radius 2 is 1.76 bits per heavy atom. The van der Waals surface area contributed by atoms with Crippen LogP contribution in [0.5, 0.6) is 0 Å². The molecule has 1 heterocycles. The third-order valence-electron chi connectivity index (χ3n) is 2.80. The van der Waals surface area contributed by atoms with Gasteiger partial charge in [0.15, 0.2) is 0 Å². The van der Waals surface area contributed by atoms with E-state index in [-0.39, 0.29) is 5.91 Å². The number of likely N-dealkylation sites (tertiary alicyclic amines) is 1. The van der Waals surface area contributed by atoms with Crippen LogP contribution in [0, 0.1) is 0 Å². The first-order valence-corrected chi connectivity index (χ1v) is 6.09. The minimum atomic E-state index is -1.10. The van der Waals surface area contributed by atoms with Gasteiger partial charge in [-0.15, -0.1) is 0 Å². The van der Waals surface area contributed by atoms with Gasteiger partial charge in [-0.25, -0.2) is 4.79 Å². The van der Waals surface area contributed by atoms with E-state index < -0.39 is 5.97 Å². The fourth-order valence-electron chi connectivity index (χ4n) is 1.90. The lowest BCUT2D eigenvalue weighted by atomic mass is 10.2. The second-order valence-corrected chi connectivity index (χ2v) is 4.22. The molecule has 2 N–H and O–H groups in total. The summed E-state index contributed by atoms with van der Waals surface area (Å²) < 4.78 is 0. The molecule has 5 heteroatoms. The van der Waals surface area contributed by atoms with Gasteiger partial charge in [0.2, 0.25) is 5.91 Å². The first-order valence-electron chi connectivity index (χ1n) is 6.09. The lowest BCUT2D eigenvalue weighted by Crippen LogP contribution is -2.34. The third kappa shape index (κ3) is 6.73. The van der Waals surface area contributed by atoms with Crippen molar-refractivity contribution in [1.29, 1.82) is 0 Å². The Kier molecular flexibility index (Phi) is 6.32. The highest BCUT2D eigenvalue weighted by Gasteiger charge is 2.08. The molecule has 1 aliphatic rings. The standard InChI is InChI=1S/C12H20N2O3/c15-11(5-6-12(16)17)13-7-10-14-8-3-1-2-4-9-14/h5-6H,1-4,7-10H2,(H,13,15)(H,16,17). The summed E-state index contributed by atoms with van der Waals surface area (Å²) in [6.07, 6.45) is 6.94. The van der Waals surface area contributed by atoms with Gasteiger partial charge >= 0.3 is 5.97 Å². The van der Waals surface area contributed by atoms with Gasteiger partial charge in [0.05, 0.1) is 0 Å². The number of nitrogens with zero attached hydrogens (tertiary/aromatic N) is 1. The summed E-state index contributed by atoms with van der Waals surface area (Å²) in [6, 6.07) is 0. The molecule has 0 radical (unpaired) electrons. The smallest absolute Gasteiger partial charge is 0.328 e. The summed E-state index contributed by atoms with van der Waals surface area (Å²) in [7, 11) is 0. The molecule has 0 atom stereocenters. The van der Waals surface area contributed by atoms with E-state index in [2.05, 4.69) is 10.2 Å². The molecule has 0 aromatic carbocycles. The van der Waals surface area contributed by atoms with Crippen LogP contribution in [0.2, 0.25) is 0 Å². The van der Waals surface area contributed by atoms with Crippen molar-refractivity contribution in [3.05, 3.63) is 12.2 Å². The van der Waals surface area contributed by atoms with Crippen molar-refractivity contribution in [3.8, 4) is 0 Å². The molecule has 1 fully saturated rings. The minimum absolute atomic E-state index is 0.345. The Morgan fingerprint density at radius 3 is 2.35 bits per heavy atom. The average molecular weight is 240 g/mol. The lowest BCUT2D eigenvalue weighted by Gasteiger charge is -2.19. The molecule has 0 spiro atoms. The Balaban J connectivity index is 2.13. The summed E-state index contributed by atoms with van der Waals surface area (Å²) in [6.45, 7) is 3.61. The molecule has 0 unspecified atom stereocenters. The SMILES string of the molecule is O=C(O)C=CC(=O)NCCN1CCCCCC1. The number of carbonyl (C=O) groups is 2. The van der Waals surface area contributed by atoms with Crippen LogP contribution in [-0.4, -0.2) is 48.1 Å². The molecule has 0 aromatic heterocycles. The van der Waals surface area contributed by atoms with Gasteiger partial charge in [0, 0.05) is 25.2 Å². The molecule has 1 rings (SSSR count). The molecule has 96 valence electrons. The second kappa shape index (κ2) is 7.84. The molecule has 0 aliphatic carbocycles. The predicted molar refractivity (Wildman–Crippen MR) is 64.7 cm³/mol. The molecular weight excluding hydrogens is 220 g/mol. The summed E-state index contributed by atoms with van der Waals surface area (Å²) in [5.74, 6) is -1.45. The molecule has 0 aromatic rings. The van der Waals surface area contributed by atoms with E-state index in [1.54, 1.807) is 0 Å². The summed E-state index contributed by atoms with van der Waals surface area (Å²) >= 11 is 0. The number of carbonyl (C=O) groups excluding carboxylic acids is 1. The molecule has 1 amide bonds. The van der Waals surface area contributed by atoms with Gasteiger partial charge in [0.1, 0.15) is 0 Å². The van der Waals surface area contributed by atoms with Crippen LogP contribution in [0.1, 0.15) is 25.7 Å². The molecular formula is C12H20N2O3. The first-order chi connectivity index (χ1) is 8.18. The van der Waals surface area contributed by atoms with E-state index in [0.717, 1.165) is 31.8 Å². The summed E-state index contributed by atoms with van der Waals surface area (Å²) in [4.78, 5) is 23.7. The summed E-state index contributed by atoms with van der Waals surface area (Å²) in [5.41, 5.74) is 0. The van der Waals surface area contributed by atoms with E-state index in [0.29, 0.717) is 6.54 Å². The van der Waals surface area contributed by atoms with Crippen LogP contribution < -0.4 is 5.32 Å². The van der Waals surface area contributed by atoms with Crippen molar-refractivity contribution in [1.82, 2.24) is 10.2 Å². The zero-order valence-electron chi connectivity index (χ0n) is 10.0. The molecule has 0 bridgehead atoms. The Labute approximate surface area is 101 Å². The Morgan fingerprint density at radius 1 is 1.12 bits per heavy atom. The number of hydrogen-bond donors (Lipinski definition) is 2. The largest absolute Gasteiger partial charge is 0.478 e. The zero-order chi connectivity index (χ0) is 12.5. The lowest BCUT2D eigenvalue weighted by molar-refractivity contribution is -0.131. The number of carboxylic acid groups (broad SMARTS) is 1. The maximum atomic E-state index is 11.2. The molecule has 0 saturated carbocycles. The number of amides is 1. The average Bonchev–Trinajstić information content (AvgIpc) is 2.55. The zero-order valence-corrected chi connectivity index (χ0v) is 10.0. The van der Waals surface area contributed by atoms with Gasteiger partial charge in [0.25, 0.3) is 0 Å². The normalized spacial score (nSPS) is 17.9. The molecule has 5 nitrogen and oxygen atoms in total. The fraction of sp³-hybridized carbons (Fsp3) is 0.667. The molecule has 17 heavy (non-hydrogen) atoms. The maximum absolute atomic E-state index is 11.2. The third-order valence-corrected chi connectivity index (χ3v) is 2.80. The van der Waals surface area contributed by atoms with Gasteiger partial charge in [-0.05, 0) is 25.9 Å². The Hall–Kier alpha value is -1.36. The van der Waals surface area contributed by atoms with E-state index in [9.17, 15) is 9.59 Å². The van der Waals surface area contributed by atoms with Crippen LogP contribution in [0.3, 0.4) is 0 Å². The van der Waals surface area contributed by atoms with Crippen LogP contribution in [0.4, 0.5) is 0 Å². The number of carboxylic acids is 1. The topological polar surface area (TPSA) is 69.6 Å². The van der Waals surface area contributed by atoms with Gasteiger partial charge in [-0.1, -0.05) is 12.8 Å². The molecule has 1 aliphatic heterocycles. The van der Waals surface area contributed by atoms with E-state index in [4.69, 9.17) is 5.11 Å². The van der Waals surface area contributed by atoms with E-state index in [1.165, 1.54) is 25.7 Å². The minimum Gasteiger partial charge on any atom is -0.478 e. The quantitative estimate of drug-likeness (QED) is 0.691. The van der Waals surface area contributed by atoms with Crippen LogP contribution in [0.25, 0.3) is 0 Å². The summed E-state index contributed by atoms with van der Waals surface area (Å²) in [5, 5.41) is 11.0. The van der Waals surface area contributed by atoms with Crippen molar-refractivity contribution < 1.29 is 14.7 Å². The molecule has 1 saturated heterocycles. The van der Waals surface area contributed by atoms with Gasteiger partial charge in [-0.2, -0.15) is 0 Å². The second-order valence-electron chi connectivity index (χ2n) is 4.22. The van der Waals surface area contributed by atoms with E-state index >= 15 is 0 Å². The number of nitrogens with one attached hydrogen (secondary N) is 1. The van der Waals surface area contributed by atoms with Crippen molar-refractivity contribution in [3.63, 3.8) is 0 Å². The maximum Gasteiger partial charge on any atom is 0.328 e. The van der Waals surface area contributed by atoms with Crippen molar-refractivity contribution in [2.45, 2.75) is 25.7 Å². The van der Waals surface area contributed by atoms with E-state index in [1.807, 2.05) is 0 Å². The highest BCUT2D eigenvalue weighted by atomic mass is 16.4. The number of rotatable bonds is 5. The van der Waals surface area contributed by atoms with Crippen LogP contribution >= 0.6 is 0 Å². The predicted octanol–water partition coefficient (Wildman–Crippen LogP) is 0.619. The number of aliphatic carboxylic acids is 1. The van der Waals surface area contributed by atoms with Crippen molar-refractivity contribution in [2.75, 3.05) is 26.2 Å². The van der Waals surface area contributed by atoms with Gasteiger partial charge in [-0.3, -0.25) is 4.79 Å². The first kappa shape index (κ1) is 13.7. The Bertz CT molecular complexity index is 281. The highest BCUT2D eigenvalue weighted by molar-refractivity contribution is 5.93. The number of hydrogen-bond acceptors (Lipinski definition) is 3. The van der Waals surface area contributed by atoms with Crippen LogP contribution in [-0.2, 0) is 9.59 Å². The monoisotopic (exact) mass is 240 g/mol.